The van der Waals surface area contributed by atoms with Crippen molar-refractivity contribution in [3.8, 4) is 17.2 Å². The number of fused-ring (bicyclic) bond motifs is 1. The highest BCUT2D eigenvalue weighted by molar-refractivity contribution is 6.31. The molecule has 8 N–H and O–H groups in total. The first-order chi connectivity index (χ1) is 39.4. The summed E-state index contributed by atoms with van der Waals surface area (Å²) in [5.41, 5.74) is 13.0. The second-order valence-corrected chi connectivity index (χ2v) is 21.2. The highest BCUT2D eigenvalue weighted by atomic mass is 35.5. The lowest BCUT2D eigenvalue weighted by Gasteiger charge is -2.16. The molecule has 3 fully saturated rings. The molecule has 10 rings (SSSR count). The van der Waals surface area contributed by atoms with E-state index in [4.69, 9.17) is 51.8 Å². The lowest BCUT2D eigenvalue weighted by Crippen LogP contribution is -2.33. The normalized spacial score (nSPS) is 20.7. The molecule has 3 saturated carbocycles. The number of aromatic nitrogens is 1. The van der Waals surface area contributed by atoms with Crippen LogP contribution in [0.5, 0.6) is 17.2 Å². The van der Waals surface area contributed by atoms with Crippen LogP contribution < -0.4 is 30.9 Å². The number of esters is 1. The largest absolute Gasteiger partial charge is 0.489 e. The minimum atomic E-state index is -1.19. The fraction of sp³-hybridized carbons (Fsp3) is 0.286. The van der Waals surface area contributed by atoms with E-state index in [9.17, 15) is 33.9 Å². The number of aryl methyl sites for hydroxylation is 1. The molecule has 0 spiro atoms. The van der Waals surface area contributed by atoms with Crippen molar-refractivity contribution in [2.75, 3.05) is 6.61 Å². The molecule has 6 aromatic carbocycles. The maximum absolute atomic E-state index is 12.5. The van der Waals surface area contributed by atoms with Crippen molar-refractivity contribution in [1.82, 2.24) is 15.9 Å². The predicted octanol–water partition coefficient (Wildman–Crippen LogP) is 9.18. The number of nitrogens with one attached hydrogen (secondary N) is 2. The highest BCUT2D eigenvalue weighted by Crippen LogP contribution is 2.57. The van der Waals surface area contributed by atoms with Crippen molar-refractivity contribution in [2.45, 2.75) is 72.2 Å². The number of hydrogen-bond acceptors (Lipinski definition) is 13. The maximum Gasteiger partial charge on any atom is 0.313 e. The second-order valence-electron chi connectivity index (χ2n) is 20.8. The van der Waals surface area contributed by atoms with Crippen LogP contribution >= 0.6 is 11.6 Å². The summed E-state index contributed by atoms with van der Waals surface area (Å²) in [7, 11) is 0. The van der Waals surface area contributed by atoms with E-state index < -0.39 is 69.6 Å². The lowest BCUT2D eigenvalue weighted by molar-refractivity contribution is -0.152. The van der Waals surface area contributed by atoms with Crippen molar-refractivity contribution in [3.63, 3.8) is 0 Å². The Morgan fingerprint density at radius 3 is 1.59 bits per heavy atom. The van der Waals surface area contributed by atoms with Crippen LogP contribution in [0.15, 0.2) is 158 Å². The van der Waals surface area contributed by atoms with Gasteiger partial charge in [-0.1, -0.05) is 115 Å². The summed E-state index contributed by atoms with van der Waals surface area (Å²) >= 11 is 6.10. The number of hydroxylamine groups is 2. The van der Waals surface area contributed by atoms with Crippen LogP contribution in [-0.2, 0) is 72.6 Å². The standard InChI is InChI=1S/C25H25ClN2O5.C19H20N2O4.C19H18O5/c1-3-32-24(30)25(13-21(25)23(29)28-31)12-16-4-7-19(8-5-16)33-14-17-10-15(2)27-22-11-18(26)6-9-20(17)22;20-18(23)19(11-16(19)17(22)21-24)10-14-7-4-8-15(9-14)25-12-13-5-2-1-3-6-13;20-17(21)16-11-19(16,18(22)23)10-14-7-4-8-15(9-14)24-12-13-5-2-1-3-6-13/h4-11,21,31H,3,12-14H2,1-2H3,(H,28,29);1-9,16,24H,10-12H2,(H2,20,23)(H,21,22);1-9,16H,10-12H2,(H,20,21)(H,22,23)/t21-,25+;2*16-,19+/m100/s1. The predicted molar refractivity (Wildman–Crippen MR) is 300 cm³/mol. The first kappa shape index (κ1) is 59.3. The van der Waals surface area contributed by atoms with Crippen LogP contribution in [0.1, 0.15) is 65.3 Å². The number of aliphatic carboxylic acids is 2. The summed E-state index contributed by atoms with van der Waals surface area (Å²) in [4.78, 5) is 75.0. The summed E-state index contributed by atoms with van der Waals surface area (Å²) in [6.07, 6.45) is 1.73. The van der Waals surface area contributed by atoms with Crippen LogP contribution in [0.25, 0.3) is 10.9 Å². The Labute approximate surface area is 478 Å². The van der Waals surface area contributed by atoms with Crippen molar-refractivity contribution < 1.29 is 68.3 Å². The lowest BCUT2D eigenvalue weighted by atomic mass is 9.93. The number of carbonyl (C=O) groups is 6. The topological polar surface area (TPSA) is 283 Å². The van der Waals surface area contributed by atoms with Crippen LogP contribution in [0.2, 0.25) is 5.02 Å². The van der Waals surface area contributed by atoms with Gasteiger partial charge in [-0.25, -0.2) is 11.0 Å². The van der Waals surface area contributed by atoms with Crippen molar-refractivity contribution in [2.24, 2.45) is 39.7 Å². The summed E-state index contributed by atoms with van der Waals surface area (Å²) in [5, 5.41) is 37.9. The Morgan fingerprint density at radius 1 is 0.573 bits per heavy atom. The van der Waals surface area contributed by atoms with Crippen molar-refractivity contribution in [3.05, 3.63) is 202 Å². The van der Waals surface area contributed by atoms with Gasteiger partial charge in [0.2, 0.25) is 17.7 Å². The molecule has 18 nitrogen and oxygen atoms in total. The molecule has 0 bridgehead atoms. The molecular formula is C63H63ClN4O14. The van der Waals surface area contributed by atoms with E-state index in [0.717, 1.165) is 50.0 Å². The number of primary amides is 1. The first-order valence-electron chi connectivity index (χ1n) is 26.5. The third-order valence-corrected chi connectivity index (χ3v) is 15.4. The molecule has 6 atom stereocenters. The van der Waals surface area contributed by atoms with Gasteiger partial charge in [0.05, 0.1) is 46.1 Å². The van der Waals surface area contributed by atoms with Gasteiger partial charge < -0.3 is 34.9 Å². The number of rotatable bonds is 22. The van der Waals surface area contributed by atoms with Crippen LogP contribution in [0.4, 0.5) is 0 Å². The smallest absolute Gasteiger partial charge is 0.313 e. The van der Waals surface area contributed by atoms with Gasteiger partial charge in [0.25, 0.3) is 0 Å². The zero-order valence-electron chi connectivity index (χ0n) is 45.1. The molecule has 0 saturated heterocycles. The van der Waals surface area contributed by atoms with Gasteiger partial charge in [0, 0.05) is 21.7 Å². The Balaban J connectivity index is 0.000000164. The molecule has 0 unspecified atom stereocenters. The van der Waals surface area contributed by atoms with Crippen LogP contribution in [0, 0.1) is 40.9 Å². The van der Waals surface area contributed by atoms with E-state index in [-0.39, 0.29) is 19.4 Å². The van der Waals surface area contributed by atoms with E-state index in [1.54, 1.807) is 36.1 Å². The Bertz CT molecular complexity index is 3440. The van der Waals surface area contributed by atoms with Gasteiger partial charge in [-0.2, -0.15) is 0 Å². The minimum Gasteiger partial charge on any atom is -0.489 e. The van der Waals surface area contributed by atoms with Gasteiger partial charge in [-0.15, -0.1) is 0 Å². The number of benzene rings is 6. The number of carboxylic acid groups (broad SMARTS) is 2. The SMILES string of the molecule is CCOC(=O)[C@@]1(Cc2ccc(OCc3cc(C)nc4cc(Cl)ccc34)cc2)C[C@@H]1C(=O)NO.NC(=O)[C@]1(Cc2cccc(OCc3ccccc3)c2)C[C@H]1C(=O)NO.O=C(O)[C@@H]1C[C@@]1(Cc1cccc(OCc2ccccc2)c1)C(=O)O. The molecule has 3 aliphatic carbocycles. The number of carbonyl (C=O) groups excluding carboxylic acids is 4. The van der Waals surface area contributed by atoms with Gasteiger partial charge in [0.1, 0.15) is 37.1 Å². The molecule has 82 heavy (non-hydrogen) atoms. The number of amides is 3. The Morgan fingerprint density at radius 2 is 1.07 bits per heavy atom. The van der Waals surface area contributed by atoms with Gasteiger partial charge in [-0.3, -0.25) is 44.2 Å². The van der Waals surface area contributed by atoms with E-state index in [0.29, 0.717) is 67.8 Å². The van der Waals surface area contributed by atoms with E-state index in [1.165, 1.54) is 0 Å². The number of nitrogens with two attached hydrogens (primary N) is 1. The van der Waals surface area contributed by atoms with Crippen LogP contribution in [0.3, 0.4) is 0 Å². The summed E-state index contributed by atoms with van der Waals surface area (Å²) in [6.45, 7) is 5.12. The molecule has 426 valence electrons. The molecule has 7 aromatic rings. The van der Waals surface area contributed by atoms with Crippen LogP contribution in [-0.4, -0.2) is 67.8 Å². The summed E-state index contributed by atoms with van der Waals surface area (Å²) < 4.78 is 22.7. The van der Waals surface area contributed by atoms with E-state index >= 15 is 0 Å². The number of halogens is 1. The molecule has 1 heterocycles. The number of carboxylic acids is 2. The zero-order chi connectivity index (χ0) is 58.6. The van der Waals surface area contributed by atoms with E-state index in [1.807, 2.05) is 146 Å². The number of nitrogens with zero attached hydrogens (tertiary/aromatic N) is 1. The van der Waals surface area contributed by atoms with Crippen molar-refractivity contribution >= 4 is 58.1 Å². The molecule has 0 radical (unpaired) electrons. The monoisotopic (exact) mass is 1130 g/mol. The third kappa shape index (κ3) is 14.4. The first-order valence-corrected chi connectivity index (χ1v) is 26.9. The highest BCUT2D eigenvalue weighted by Gasteiger charge is 2.65. The zero-order valence-corrected chi connectivity index (χ0v) is 45.8. The summed E-state index contributed by atoms with van der Waals surface area (Å²) in [5.74, 6) is -4.19. The number of hydrogen-bond donors (Lipinski definition) is 7. The fourth-order valence-electron chi connectivity index (χ4n) is 10.4. The van der Waals surface area contributed by atoms with Gasteiger partial charge in [0.15, 0.2) is 0 Å². The van der Waals surface area contributed by atoms with E-state index in [2.05, 4.69) is 4.98 Å². The van der Waals surface area contributed by atoms with Gasteiger partial charge in [-0.05, 0) is 135 Å². The number of ether oxygens (including phenoxy) is 4. The Hall–Kier alpha value is -8.84. The quantitative estimate of drug-likeness (QED) is 0.0189. The average Bonchev–Trinajstić information content (AvgIpc) is 4.53. The molecule has 3 aliphatic rings. The fourth-order valence-corrected chi connectivity index (χ4v) is 10.5. The van der Waals surface area contributed by atoms with Gasteiger partial charge >= 0.3 is 17.9 Å². The maximum atomic E-state index is 12.5. The number of pyridine rings is 1. The molecule has 1 aromatic heterocycles. The average molecular weight is 1140 g/mol. The second kappa shape index (κ2) is 26.2. The summed E-state index contributed by atoms with van der Waals surface area (Å²) in [6, 6.07) is 49.1. The molecule has 0 aliphatic heterocycles. The Kier molecular flexibility index (Phi) is 18.9. The molecular weight excluding hydrogens is 1070 g/mol. The third-order valence-electron chi connectivity index (χ3n) is 15.1. The minimum absolute atomic E-state index is 0.173. The van der Waals surface area contributed by atoms with Crippen molar-refractivity contribution in [1.29, 1.82) is 0 Å². The molecule has 19 heteroatoms. The molecule has 3 amide bonds.